The van der Waals surface area contributed by atoms with Crippen molar-refractivity contribution in [1.29, 1.82) is 0 Å². The lowest BCUT2D eigenvalue weighted by molar-refractivity contribution is -0.360. The molecule has 5 rings (SSSR count). The standard InChI is InChI=1S/C31H27F5N6O3S/c1-17(2)23-11-5-18(3)13-25(23)42-26(43)15-46-29(42)39-28(44)38-24-12-6-20(14-19(24)4)27-37-16-41(40-27)21-7-9-22(10-8-21)45-31(35,36)30(32,33)34/h5-14,16-17H,15H2,1-4H3,(H,38,44)/b39-29-. The van der Waals surface area contributed by atoms with Crippen molar-refractivity contribution in [3.63, 3.8) is 0 Å². The van der Waals surface area contributed by atoms with Crippen LogP contribution in [0.3, 0.4) is 0 Å². The molecule has 1 aromatic heterocycles. The molecule has 1 fully saturated rings. The van der Waals surface area contributed by atoms with Crippen LogP contribution in [-0.2, 0) is 4.79 Å². The summed E-state index contributed by atoms with van der Waals surface area (Å²) in [4.78, 5) is 35.8. The number of nitrogens with zero attached hydrogens (tertiary/aromatic N) is 5. The quantitative estimate of drug-likeness (QED) is 0.203. The first kappa shape index (κ1) is 32.6. The molecule has 1 aliphatic heterocycles. The van der Waals surface area contributed by atoms with Crippen molar-refractivity contribution in [1.82, 2.24) is 14.8 Å². The highest BCUT2D eigenvalue weighted by atomic mass is 32.2. The number of halogens is 5. The number of anilines is 2. The number of thioether (sulfide) groups is 1. The minimum atomic E-state index is -5.85. The van der Waals surface area contributed by atoms with Crippen LogP contribution in [0.25, 0.3) is 17.1 Å². The highest BCUT2D eigenvalue weighted by molar-refractivity contribution is 8.15. The number of aromatic nitrogens is 3. The summed E-state index contributed by atoms with van der Waals surface area (Å²) in [7, 11) is 0. The average Bonchev–Trinajstić information content (AvgIpc) is 3.60. The van der Waals surface area contributed by atoms with Crippen LogP contribution in [0.2, 0.25) is 0 Å². The molecule has 46 heavy (non-hydrogen) atoms. The second-order valence-electron chi connectivity index (χ2n) is 10.7. The van der Waals surface area contributed by atoms with Crippen molar-refractivity contribution in [3.8, 4) is 22.8 Å². The van der Waals surface area contributed by atoms with E-state index in [1.807, 2.05) is 39.0 Å². The second-order valence-corrected chi connectivity index (χ2v) is 11.7. The van der Waals surface area contributed by atoms with Crippen LogP contribution in [0.1, 0.15) is 36.5 Å². The molecule has 0 aliphatic carbocycles. The minimum Gasteiger partial charge on any atom is -0.426 e. The minimum absolute atomic E-state index is 0.147. The molecule has 0 radical (unpaired) electrons. The SMILES string of the molecule is Cc1ccc(C(C)C)c(N2C(=O)CS/C2=N\C(=O)Nc2ccc(-c3ncn(-c4ccc(OC(F)(F)C(F)(F)F)cc4)n3)cc2C)c1. The molecule has 3 aromatic carbocycles. The molecule has 1 saturated heterocycles. The molecule has 0 spiro atoms. The van der Waals surface area contributed by atoms with Crippen LogP contribution < -0.4 is 15.0 Å². The predicted molar refractivity (Wildman–Crippen MR) is 165 cm³/mol. The molecule has 4 aromatic rings. The third kappa shape index (κ3) is 6.88. The summed E-state index contributed by atoms with van der Waals surface area (Å²) >= 11 is 1.19. The predicted octanol–water partition coefficient (Wildman–Crippen LogP) is 7.88. The van der Waals surface area contributed by atoms with E-state index in [1.165, 1.54) is 39.8 Å². The molecule has 3 amide bonds. The van der Waals surface area contributed by atoms with Crippen LogP contribution in [-0.4, -0.2) is 49.9 Å². The second kappa shape index (κ2) is 12.5. The number of hydrogen-bond donors (Lipinski definition) is 1. The fourth-order valence-electron chi connectivity index (χ4n) is 4.58. The summed E-state index contributed by atoms with van der Waals surface area (Å²) in [5.74, 6) is -0.235. The summed E-state index contributed by atoms with van der Waals surface area (Å²) in [5, 5.41) is 7.39. The number of aryl methyl sites for hydroxylation is 2. The molecular weight excluding hydrogens is 631 g/mol. The van der Waals surface area contributed by atoms with E-state index in [1.54, 1.807) is 25.1 Å². The van der Waals surface area contributed by atoms with Crippen molar-refractivity contribution in [2.24, 2.45) is 4.99 Å². The first-order valence-electron chi connectivity index (χ1n) is 13.9. The summed E-state index contributed by atoms with van der Waals surface area (Å²) in [6.07, 6.45) is -9.84. The Balaban J connectivity index is 1.29. The van der Waals surface area contributed by atoms with Gasteiger partial charge >= 0.3 is 18.3 Å². The van der Waals surface area contributed by atoms with Crippen molar-refractivity contribution in [3.05, 3.63) is 83.7 Å². The van der Waals surface area contributed by atoms with Crippen LogP contribution in [0.5, 0.6) is 5.75 Å². The molecule has 1 aliphatic rings. The smallest absolute Gasteiger partial charge is 0.426 e. The number of urea groups is 1. The van der Waals surface area contributed by atoms with Gasteiger partial charge in [-0.05, 0) is 85.0 Å². The molecule has 0 atom stereocenters. The van der Waals surface area contributed by atoms with Gasteiger partial charge in [-0.2, -0.15) is 26.9 Å². The monoisotopic (exact) mass is 658 g/mol. The lowest BCUT2D eigenvalue weighted by Gasteiger charge is -2.22. The fraction of sp³-hybridized carbons (Fsp3) is 0.258. The number of hydrogen-bond acceptors (Lipinski definition) is 6. The molecule has 1 N–H and O–H groups in total. The van der Waals surface area contributed by atoms with E-state index >= 15 is 0 Å². The Labute approximate surface area is 264 Å². The first-order valence-corrected chi connectivity index (χ1v) is 14.8. The van der Waals surface area contributed by atoms with Gasteiger partial charge in [0.05, 0.1) is 17.1 Å². The fourth-order valence-corrected chi connectivity index (χ4v) is 5.44. The van der Waals surface area contributed by atoms with Gasteiger partial charge in [-0.15, -0.1) is 5.10 Å². The van der Waals surface area contributed by atoms with Crippen molar-refractivity contribution >= 4 is 40.2 Å². The highest BCUT2D eigenvalue weighted by Gasteiger charge is 2.61. The van der Waals surface area contributed by atoms with Crippen molar-refractivity contribution in [2.75, 3.05) is 16.0 Å². The maximum absolute atomic E-state index is 13.2. The van der Waals surface area contributed by atoms with Crippen LogP contribution in [0.15, 0.2) is 72.0 Å². The molecular formula is C31H27F5N6O3S. The number of ether oxygens (including phenoxy) is 1. The Morgan fingerprint density at radius 2 is 1.74 bits per heavy atom. The van der Waals surface area contributed by atoms with Gasteiger partial charge in [-0.1, -0.05) is 37.7 Å². The molecule has 0 unspecified atom stereocenters. The number of amidine groups is 1. The number of rotatable bonds is 7. The topological polar surface area (TPSA) is 102 Å². The van der Waals surface area contributed by atoms with Gasteiger partial charge in [0.2, 0.25) is 5.91 Å². The zero-order chi connectivity index (χ0) is 33.4. The molecule has 0 saturated carbocycles. The summed E-state index contributed by atoms with van der Waals surface area (Å²) < 4.78 is 68.7. The lowest BCUT2D eigenvalue weighted by atomic mass is 9.99. The molecule has 240 valence electrons. The molecule has 2 heterocycles. The van der Waals surface area contributed by atoms with Crippen LogP contribution in [0.4, 0.5) is 38.1 Å². The highest BCUT2D eigenvalue weighted by Crippen LogP contribution is 2.38. The molecule has 15 heteroatoms. The summed E-state index contributed by atoms with van der Waals surface area (Å²) in [6, 6.07) is 14.7. The first-order chi connectivity index (χ1) is 21.6. The normalized spacial score (nSPS) is 14.8. The average molecular weight is 659 g/mol. The maximum atomic E-state index is 13.2. The van der Waals surface area contributed by atoms with E-state index in [-0.39, 0.29) is 22.7 Å². The molecule has 0 bridgehead atoms. The Morgan fingerprint density at radius 3 is 2.39 bits per heavy atom. The summed E-state index contributed by atoms with van der Waals surface area (Å²) in [6.45, 7) is 7.75. The van der Waals surface area contributed by atoms with E-state index in [0.29, 0.717) is 34.0 Å². The number of alkyl halides is 5. The van der Waals surface area contributed by atoms with Gasteiger partial charge in [0.25, 0.3) is 0 Å². The van der Waals surface area contributed by atoms with Crippen molar-refractivity contribution < 1.29 is 36.3 Å². The Bertz CT molecular complexity index is 1820. The lowest BCUT2D eigenvalue weighted by Crippen LogP contribution is -2.41. The number of carbonyl (C=O) groups excluding carboxylic acids is 2. The van der Waals surface area contributed by atoms with E-state index in [2.05, 4.69) is 25.1 Å². The summed E-state index contributed by atoms with van der Waals surface area (Å²) in [5.41, 5.74) is 4.72. The Kier molecular flexibility index (Phi) is 8.89. The van der Waals surface area contributed by atoms with E-state index in [4.69, 9.17) is 0 Å². The van der Waals surface area contributed by atoms with Crippen molar-refractivity contribution in [2.45, 2.75) is 45.9 Å². The van der Waals surface area contributed by atoms with Gasteiger partial charge in [-0.25, -0.2) is 14.5 Å². The largest absolute Gasteiger partial charge is 0.499 e. The van der Waals surface area contributed by atoms with Gasteiger partial charge in [0.15, 0.2) is 11.0 Å². The van der Waals surface area contributed by atoms with Crippen LogP contribution in [0, 0.1) is 13.8 Å². The van der Waals surface area contributed by atoms with Gasteiger partial charge < -0.3 is 10.1 Å². The third-order valence-electron chi connectivity index (χ3n) is 6.91. The Hall–Kier alpha value is -4.79. The number of aliphatic imine (C=N–C) groups is 1. The van der Waals surface area contributed by atoms with Gasteiger partial charge in [0, 0.05) is 11.3 Å². The van der Waals surface area contributed by atoms with E-state index in [9.17, 15) is 31.5 Å². The van der Waals surface area contributed by atoms with Crippen LogP contribution >= 0.6 is 11.8 Å². The van der Waals surface area contributed by atoms with Gasteiger partial charge in [-0.3, -0.25) is 9.69 Å². The molecule has 9 nitrogen and oxygen atoms in total. The number of nitrogens with one attached hydrogen (secondary N) is 1. The zero-order valence-corrected chi connectivity index (χ0v) is 25.7. The van der Waals surface area contributed by atoms with E-state index < -0.39 is 24.1 Å². The Morgan fingerprint density at radius 1 is 1.02 bits per heavy atom. The third-order valence-corrected chi connectivity index (χ3v) is 7.83. The number of benzene rings is 3. The van der Waals surface area contributed by atoms with Gasteiger partial charge in [0.1, 0.15) is 12.1 Å². The maximum Gasteiger partial charge on any atom is 0.499 e. The number of carbonyl (C=O) groups is 2. The zero-order valence-electron chi connectivity index (χ0n) is 24.9. The van der Waals surface area contributed by atoms with E-state index in [0.717, 1.165) is 23.3 Å². The number of amides is 3.